The first kappa shape index (κ1) is 53.6. The van der Waals surface area contributed by atoms with Gasteiger partial charge in [-0.3, -0.25) is 24.1 Å². The van der Waals surface area contributed by atoms with Gasteiger partial charge in [0.25, 0.3) is 0 Å². The van der Waals surface area contributed by atoms with E-state index in [0.717, 1.165) is 56.0 Å². The molecular formula is C45H79N7O6S. The maximum atomic E-state index is 13.6. The molecule has 0 spiro atoms. The van der Waals surface area contributed by atoms with Crippen LogP contribution in [-0.2, 0) is 28.7 Å². The third-order valence-corrected chi connectivity index (χ3v) is 11.9. The fourth-order valence-corrected chi connectivity index (χ4v) is 8.61. The first-order valence-corrected chi connectivity index (χ1v) is 22.4. The molecule has 1 aromatic rings. The molecule has 0 aromatic carbocycles. The summed E-state index contributed by atoms with van der Waals surface area (Å²) >= 11 is 1.52. The van der Waals surface area contributed by atoms with Gasteiger partial charge in [-0.1, -0.05) is 99.6 Å². The van der Waals surface area contributed by atoms with E-state index < -0.39 is 6.10 Å². The molecule has 4 amide bonds. The number of carbonyl (C=O) groups is 4. The Labute approximate surface area is 360 Å². The predicted molar refractivity (Wildman–Crippen MR) is 241 cm³/mol. The largest absolute Gasteiger partial charge is 0.379 e. The maximum absolute atomic E-state index is 13.6. The Morgan fingerprint density at radius 1 is 1.03 bits per heavy atom. The number of carbonyl (C=O) groups excluding carboxylic acids is 4. The number of hydrogen-bond donors (Lipinski definition) is 3. The second-order valence-corrected chi connectivity index (χ2v) is 17.0. The van der Waals surface area contributed by atoms with E-state index in [1.807, 2.05) is 30.2 Å². The van der Waals surface area contributed by atoms with E-state index >= 15 is 0 Å². The summed E-state index contributed by atoms with van der Waals surface area (Å²) in [5.74, 6) is 0.268. The number of aromatic nitrogens is 1. The average molecular weight is 846 g/mol. The quantitative estimate of drug-likeness (QED) is 0.0945. The van der Waals surface area contributed by atoms with Crippen molar-refractivity contribution in [2.75, 3.05) is 60.5 Å². The summed E-state index contributed by atoms with van der Waals surface area (Å²) in [6, 6.07) is -0.621. The van der Waals surface area contributed by atoms with E-state index in [1.54, 1.807) is 44.5 Å². The fraction of sp³-hybridized carbons (Fsp3) is 0.711. The Hall–Kier alpha value is -3.43. The molecule has 3 N–H and O–H groups in total. The molecule has 0 saturated carbocycles. The number of nitrogens with zero attached hydrogens (tertiary/aromatic N) is 4. The van der Waals surface area contributed by atoms with E-state index in [2.05, 4.69) is 80.5 Å². The maximum Gasteiger partial charge on any atom is 0.242 e. The number of rotatable bonds is 22. The monoisotopic (exact) mass is 846 g/mol. The molecule has 2 aliphatic heterocycles. The normalized spacial score (nSPS) is 18.8. The van der Waals surface area contributed by atoms with Gasteiger partial charge < -0.3 is 35.2 Å². The van der Waals surface area contributed by atoms with Crippen molar-refractivity contribution in [2.24, 2.45) is 17.8 Å². The summed E-state index contributed by atoms with van der Waals surface area (Å²) in [4.78, 5) is 60.8. The predicted octanol–water partition coefficient (Wildman–Crippen LogP) is 6.01. The standard InChI is InChI=1S/C30H57N5O5.C12H14N2OS.C3H8/c1-10-22(6)28(24(39-8)18-25(36)35-15-11-12-23(35)29(40-9)21(4)5)33(7)26(37)19-32-30(38)27(20(2)3)34-16-13-31-14-17-34;1-3-5-10(4-2)8-11(14-9-15)12-13-6-7-16-12;1-3-2/h20-24,27-29,31H,10-19H2,1-9H3,(H,32,38);3-7,9,11H,1-2,8H2,(H,14,15);3H2,1-2H3/b;10-5+;. The number of methoxy groups -OCH3 is 2. The topological polar surface area (TPSA) is 145 Å². The SMILES string of the molecule is C=C/C=C(\C=C)CC(NC=O)c1nccs1.CCC.CCC(C)C(C(CC(=O)N1CCCC1C(OC)C(C)C)OC)N(C)C(=O)CNC(=O)C(C(C)C)N1CCNCC1. The number of hydrogen-bond acceptors (Lipinski definition) is 10. The van der Waals surface area contributed by atoms with Gasteiger partial charge in [0.05, 0.1) is 49.3 Å². The van der Waals surface area contributed by atoms with Crippen LogP contribution in [0.2, 0.25) is 0 Å². The molecule has 1 aromatic heterocycles. The van der Waals surface area contributed by atoms with Gasteiger partial charge in [-0.2, -0.15) is 0 Å². The smallest absolute Gasteiger partial charge is 0.242 e. The number of ether oxygens (including phenoxy) is 2. The Balaban J connectivity index is 0.000000757. The first-order valence-electron chi connectivity index (χ1n) is 21.6. The molecule has 13 nitrogen and oxygen atoms in total. The lowest BCUT2D eigenvalue weighted by Crippen LogP contribution is -2.57. The minimum Gasteiger partial charge on any atom is -0.379 e. The fourth-order valence-electron chi connectivity index (χ4n) is 7.91. The van der Waals surface area contributed by atoms with Gasteiger partial charge in [0.1, 0.15) is 5.01 Å². The highest BCUT2D eigenvalue weighted by molar-refractivity contribution is 7.09. The zero-order valence-corrected chi connectivity index (χ0v) is 39.0. The van der Waals surface area contributed by atoms with Crippen molar-refractivity contribution >= 4 is 35.5 Å². The minimum atomic E-state index is -0.461. The van der Waals surface area contributed by atoms with Crippen molar-refractivity contribution in [3.8, 4) is 0 Å². The van der Waals surface area contributed by atoms with Crippen LogP contribution in [0.5, 0.6) is 0 Å². The average Bonchev–Trinajstić information content (AvgIpc) is 3.94. The number of likely N-dealkylation sites (N-methyl/N-ethyl adjacent to an activating group) is 1. The Bertz CT molecular complexity index is 1400. The summed E-state index contributed by atoms with van der Waals surface area (Å²) in [6.45, 7) is 28.1. The van der Waals surface area contributed by atoms with Gasteiger partial charge in [0.15, 0.2) is 0 Å². The molecule has 0 radical (unpaired) electrons. The number of allylic oxidation sites excluding steroid dienone is 3. The van der Waals surface area contributed by atoms with Gasteiger partial charge in [-0.25, -0.2) is 4.98 Å². The molecule has 336 valence electrons. The van der Waals surface area contributed by atoms with Crippen LogP contribution in [0.25, 0.3) is 0 Å². The van der Waals surface area contributed by atoms with Crippen LogP contribution in [0.3, 0.4) is 0 Å². The highest BCUT2D eigenvalue weighted by Gasteiger charge is 2.40. The third-order valence-electron chi connectivity index (χ3n) is 11.0. The van der Waals surface area contributed by atoms with Crippen LogP contribution in [0.4, 0.5) is 0 Å². The molecule has 2 aliphatic rings. The van der Waals surface area contributed by atoms with Crippen molar-refractivity contribution in [2.45, 2.75) is 130 Å². The zero-order valence-electron chi connectivity index (χ0n) is 38.2. The molecule has 3 heterocycles. The summed E-state index contributed by atoms with van der Waals surface area (Å²) in [5, 5.41) is 11.8. The summed E-state index contributed by atoms with van der Waals surface area (Å²) in [5.41, 5.74) is 1.02. The van der Waals surface area contributed by atoms with Gasteiger partial charge in [-0.15, -0.1) is 11.3 Å². The highest BCUT2D eigenvalue weighted by atomic mass is 32.1. The molecule has 7 unspecified atom stereocenters. The van der Waals surface area contributed by atoms with E-state index in [1.165, 1.54) is 17.8 Å². The van der Waals surface area contributed by atoms with Crippen molar-refractivity contribution in [1.82, 2.24) is 35.6 Å². The summed E-state index contributed by atoms with van der Waals surface area (Å²) in [6.07, 6.45) is 12.1. The second kappa shape index (κ2) is 29.7. The molecule has 0 aliphatic carbocycles. The Morgan fingerprint density at radius 2 is 1.69 bits per heavy atom. The van der Waals surface area contributed by atoms with Crippen LogP contribution in [0.15, 0.2) is 48.5 Å². The number of likely N-dealkylation sites (tertiary alicyclic amines) is 1. The van der Waals surface area contributed by atoms with E-state index in [4.69, 9.17) is 9.47 Å². The first-order chi connectivity index (χ1) is 28.2. The Morgan fingerprint density at radius 3 is 2.19 bits per heavy atom. The van der Waals surface area contributed by atoms with E-state index in [-0.39, 0.29) is 72.8 Å². The third kappa shape index (κ3) is 17.6. The number of thiazole rings is 1. The zero-order chi connectivity index (χ0) is 44.5. The second-order valence-electron chi connectivity index (χ2n) is 16.1. The van der Waals surface area contributed by atoms with Crippen LogP contribution in [0, 0.1) is 17.8 Å². The minimum absolute atomic E-state index is 0.0125. The molecular weight excluding hydrogens is 767 g/mol. The molecule has 59 heavy (non-hydrogen) atoms. The number of amides is 4. The lowest BCUT2D eigenvalue weighted by atomic mass is 9.90. The van der Waals surface area contributed by atoms with Crippen molar-refractivity contribution < 1.29 is 28.7 Å². The van der Waals surface area contributed by atoms with E-state index in [0.29, 0.717) is 25.3 Å². The number of piperazine rings is 1. The number of nitrogens with one attached hydrogen (secondary N) is 3. The Kier molecular flexibility index (Phi) is 27.0. The molecule has 7 atom stereocenters. The molecule has 2 saturated heterocycles. The van der Waals surface area contributed by atoms with Crippen molar-refractivity contribution in [3.05, 3.63) is 53.5 Å². The van der Waals surface area contributed by atoms with E-state index in [9.17, 15) is 19.2 Å². The lowest BCUT2D eigenvalue weighted by molar-refractivity contribution is -0.144. The molecule has 2 fully saturated rings. The summed E-state index contributed by atoms with van der Waals surface area (Å²) < 4.78 is 11.7. The van der Waals surface area contributed by atoms with Gasteiger partial charge in [-0.05, 0) is 42.6 Å². The van der Waals surface area contributed by atoms with Gasteiger partial charge in [0, 0.05) is 65.6 Å². The van der Waals surface area contributed by atoms with Gasteiger partial charge in [0.2, 0.25) is 24.1 Å². The molecule has 14 heteroatoms. The van der Waals surface area contributed by atoms with Crippen molar-refractivity contribution in [1.29, 1.82) is 0 Å². The van der Waals surface area contributed by atoms with Crippen LogP contribution >= 0.6 is 11.3 Å². The molecule has 3 rings (SSSR count). The van der Waals surface area contributed by atoms with Crippen LogP contribution < -0.4 is 16.0 Å². The van der Waals surface area contributed by atoms with Crippen LogP contribution in [-0.4, -0.2) is 135 Å². The van der Waals surface area contributed by atoms with Crippen molar-refractivity contribution in [3.63, 3.8) is 0 Å². The lowest BCUT2D eigenvalue weighted by Gasteiger charge is -2.39. The summed E-state index contributed by atoms with van der Waals surface area (Å²) in [7, 11) is 5.09. The molecule has 0 bridgehead atoms. The van der Waals surface area contributed by atoms with Crippen LogP contribution in [0.1, 0.15) is 105 Å². The highest BCUT2D eigenvalue weighted by Crippen LogP contribution is 2.29. The van der Waals surface area contributed by atoms with Gasteiger partial charge >= 0.3 is 0 Å².